The molecule has 0 radical (unpaired) electrons. The molecule has 0 saturated carbocycles. The second-order valence-electron chi connectivity index (χ2n) is 8.09. The van der Waals surface area contributed by atoms with E-state index in [9.17, 15) is 9.90 Å². The Morgan fingerprint density at radius 3 is 2.63 bits per heavy atom. The zero-order valence-electron chi connectivity index (χ0n) is 19.7. The van der Waals surface area contributed by atoms with Crippen LogP contribution in [0.15, 0.2) is 47.2 Å². The molecule has 2 heterocycles. The minimum absolute atomic E-state index is 0.130. The van der Waals surface area contributed by atoms with E-state index in [4.69, 9.17) is 19.5 Å². The molecule has 3 aromatic rings. The monoisotopic (exact) mass is 482 g/mol. The van der Waals surface area contributed by atoms with E-state index in [1.807, 2.05) is 4.57 Å². The van der Waals surface area contributed by atoms with Gasteiger partial charge in [-0.05, 0) is 43.5 Å². The van der Waals surface area contributed by atoms with E-state index in [0.717, 1.165) is 5.56 Å². The molecule has 2 aromatic heterocycles. The molecule has 35 heavy (non-hydrogen) atoms. The zero-order chi connectivity index (χ0) is 25.2. The fourth-order valence-electron chi connectivity index (χ4n) is 3.38. The number of nitrogens with one attached hydrogen (secondary N) is 1. The Morgan fingerprint density at radius 1 is 1.23 bits per heavy atom. The maximum absolute atomic E-state index is 11.3. The van der Waals surface area contributed by atoms with Gasteiger partial charge in [-0.3, -0.25) is 4.79 Å². The Hall–Kier alpha value is -3.65. The van der Waals surface area contributed by atoms with Crippen LogP contribution in [0.1, 0.15) is 55.3 Å². The number of rotatable bonds is 11. The van der Waals surface area contributed by atoms with Gasteiger partial charge in [0, 0.05) is 43.4 Å². The highest BCUT2D eigenvalue weighted by Gasteiger charge is 2.22. The Labute approximate surface area is 203 Å². The highest BCUT2D eigenvalue weighted by Crippen LogP contribution is 2.25. The SMILES string of the molecule is CC(=O)NCCC(c1cc(C#Cc2ccc(OCC(CO)CO)cc2)on1)n1ccnc1[C@H](C)O. The van der Waals surface area contributed by atoms with Gasteiger partial charge < -0.3 is 34.5 Å². The van der Waals surface area contributed by atoms with Crippen LogP contribution < -0.4 is 10.1 Å². The summed E-state index contributed by atoms with van der Waals surface area (Å²) in [6, 6.07) is 8.53. The van der Waals surface area contributed by atoms with Crippen molar-refractivity contribution in [2.45, 2.75) is 32.4 Å². The average Bonchev–Trinajstić information content (AvgIpc) is 3.52. The summed E-state index contributed by atoms with van der Waals surface area (Å²) < 4.78 is 12.8. The van der Waals surface area contributed by atoms with Gasteiger partial charge in [-0.2, -0.15) is 0 Å². The molecular formula is C25H30N4O6. The number of hydrogen-bond acceptors (Lipinski definition) is 8. The molecule has 3 rings (SSSR count). The fraction of sp³-hybridized carbons (Fsp3) is 0.400. The summed E-state index contributed by atoms with van der Waals surface area (Å²) in [5.74, 6) is 6.98. The van der Waals surface area contributed by atoms with E-state index in [1.165, 1.54) is 6.92 Å². The van der Waals surface area contributed by atoms with Gasteiger partial charge in [0.2, 0.25) is 11.7 Å². The van der Waals surface area contributed by atoms with E-state index in [-0.39, 0.29) is 37.7 Å². The second-order valence-corrected chi connectivity index (χ2v) is 8.09. The normalized spacial score (nSPS) is 12.6. The van der Waals surface area contributed by atoms with Crippen molar-refractivity contribution in [3.8, 4) is 17.6 Å². The highest BCUT2D eigenvalue weighted by atomic mass is 16.5. The zero-order valence-corrected chi connectivity index (χ0v) is 19.7. The van der Waals surface area contributed by atoms with E-state index in [1.54, 1.807) is 49.6 Å². The van der Waals surface area contributed by atoms with Crippen molar-refractivity contribution in [2.24, 2.45) is 5.92 Å². The highest BCUT2D eigenvalue weighted by molar-refractivity contribution is 5.72. The third kappa shape index (κ3) is 7.42. The molecule has 0 aliphatic carbocycles. The Bertz CT molecular complexity index is 1140. The lowest BCUT2D eigenvalue weighted by molar-refractivity contribution is -0.118. The van der Waals surface area contributed by atoms with Gasteiger partial charge in [0.05, 0.1) is 25.9 Å². The molecule has 1 unspecified atom stereocenters. The van der Waals surface area contributed by atoms with Crippen LogP contribution in [-0.2, 0) is 4.79 Å². The number of amides is 1. The minimum atomic E-state index is -0.774. The maximum Gasteiger partial charge on any atom is 0.216 e. The number of aliphatic hydroxyl groups is 3. The van der Waals surface area contributed by atoms with Crippen molar-refractivity contribution in [2.75, 3.05) is 26.4 Å². The second kappa shape index (κ2) is 12.7. The molecule has 0 bridgehead atoms. The van der Waals surface area contributed by atoms with Gasteiger partial charge in [-0.15, -0.1) is 0 Å². The van der Waals surface area contributed by atoms with Gasteiger partial charge in [0.25, 0.3) is 0 Å². The molecule has 4 N–H and O–H groups in total. The van der Waals surface area contributed by atoms with E-state index < -0.39 is 6.10 Å². The van der Waals surface area contributed by atoms with Crippen molar-refractivity contribution in [3.05, 3.63) is 65.6 Å². The molecule has 1 aromatic carbocycles. The standard InChI is InChI=1S/C25H30N4O6/c1-17(32)25-27-11-12-29(25)24(9-10-26-18(2)33)23-13-22(35-28-23)8-5-19-3-6-21(7-4-19)34-16-20(14-30)15-31/h3-4,6-7,11-13,17,20,24,30-32H,9-10,14-16H2,1-2H3,(H,26,33)/t17-,24?/m0/s1. The molecule has 10 nitrogen and oxygen atoms in total. The molecule has 10 heteroatoms. The summed E-state index contributed by atoms with van der Waals surface area (Å²) in [4.78, 5) is 15.5. The van der Waals surface area contributed by atoms with Crippen LogP contribution in [0.25, 0.3) is 0 Å². The summed E-state index contributed by atoms with van der Waals surface area (Å²) in [6.45, 7) is 3.43. The molecule has 0 aliphatic rings. The Balaban J connectivity index is 1.72. The number of aromatic nitrogens is 3. The lowest BCUT2D eigenvalue weighted by Gasteiger charge is -2.19. The predicted octanol–water partition coefficient (Wildman–Crippen LogP) is 1.42. The van der Waals surface area contributed by atoms with Gasteiger partial charge in [0.1, 0.15) is 23.4 Å². The molecule has 0 saturated heterocycles. The first-order chi connectivity index (χ1) is 16.9. The number of carbonyl (C=O) groups is 1. The first-order valence-electron chi connectivity index (χ1n) is 11.3. The summed E-state index contributed by atoms with van der Waals surface area (Å²) in [7, 11) is 0. The van der Waals surface area contributed by atoms with Crippen LogP contribution in [0.5, 0.6) is 5.75 Å². The third-order valence-corrected chi connectivity index (χ3v) is 5.26. The Kier molecular flexibility index (Phi) is 9.43. The van der Waals surface area contributed by atoms with E-state index >= 15 is 0 Å². The number of hydrogen-bond donors (Lipinski definition) is 4. The molecule has 0 spiro atoms. The van der Waals surface area contributed by atoms with Gasteiger partial charge in [0.15, 0.2) is 0 Å². The number of ether oxygens (including phenoxy) is 1. The van der Waals surface area contributed by atoms with Gasteiger partial charge in [-0.25, -0.2) is 4.98 Å². The van der Waals surface area contributed by atoms with Crippen LogP contribution in [0.3, 0.4) is 0 Å². The maximum atomic E-state index is 11.3. The fourth-order valence-corrected chi connectivity index (χ4v) is 3.38. The van der Waals surface area contributed by atoms with Gasteiger partial charge in [-0.1, -0.05) is 11.1 Å². The van der Waals surface area contributed by atoms with Gasteiger partial charge >= 0.3 is 0 Å². The summed E-state index contributed by atoms with van der Waals surface area (Å²) in [5, 5.41) is 35.3. The topological polar surface area (TPSA) is 143 Å². The first kappa shape index (κ1) is 26.0. The van der Waals surface area contributed by atoms with Crippen LogP contribution >= 0.6 is 0 Å². The quantitative estimate of drug-likeness (QED) is 0.301. The molecule has 186 valence electrons. The van der Waals surface area contributed by atoms with Crippen molar-refractivity contribution in [3.63, 3.8) is 0 Å². The molecular weight excluding hydrogens is 452 g/mol. The number of imidazole rings is 1. The lowest BCUT2D eigenvalue weighted by atomic mass is 10.1. The molecule has 0 aliphatic heterocycles. The van der Waals surface area contributed by atoms with Crippen molar-refractivity contribution < 1.29 is 29.4 Å². The lowest BCUT2D eigenvalue weighted by Crippen LogP contribution is -2.25. The number of aliphatic hydroxyl groups excluding tert-OH is 3. The summed E-state index contributed by atoms with van der Waals surface area (Å²) in [6.07, 6.45) is 3.11. The largest absolute Gasteiger partial charge is 0.493 e. The van der Waals surface area contributed by atoms with Crippen LogP contribution in [-0.4, -0.2) is 62.3 Å². The van der Waals surface area contributed by atoms with Crippen LogP contribution in [0.4, 0.5) is 0 Å². The van der Waals surface area contributed by atoms with Crippen molar-refractivity contribution in [1.29, 1.82) is 0 Å². The van der Waals surface area contributed by atoms with Crippen molar-refractivity contribution >= 4 is 5.91 Å². The predicted molar refractivity (Wildman–Crippen MR) is 126 cm³/mol. The number of carbonyl (C=O) groups excluding carboxylic acids is 1. The van der Waals surface area contributed by atoms with Crippen LogP contribution in [0, 0.1) is 17.8 Å². The summed E-state index contributed by atoms with van der Waals surface area (Å²) >= 11 is 0. The Morgan fingerprint density at radius 2 is 1.97 bits per heavy atom. The molecule has 1 amide bonds. The number of benzene rings is 1. The molecule has 0 fully saturated rings. The average molecular weight is 483 g/mol. The minimum Gasteiger partial charge on any atom is -0.493 e. The van der Waals surface area contributed by atoms with E-state index in [2.05, 4.69) is 27.3 Å². The van der Waals surface area contributed by atoms with Crippen molar-refractivity contribution in [1.82, 2.24) is 20.0 Å². The molecule has 2 atom stereocenters. The smallest absolute Gasteiger partial charge is 0.216 e. The van der Waals surface area contributed by atoms with E-state index in [0.29, 0.717) is 36.0 Å². The first-order valence-corrected chi connectivity index (χ1v) is 11.3. The summed E-state index contributed by atoms with van der Waals surface area (Å²) in [5.41, 5.74) is 1.34. The number of nitrogens with zero attached hydrogens (tertiary/aromatic N) is 3. The van der Waals surface area contributed by atoms with Crippen LogP contribution in [0.2, 0.25) is 0 Å². The third-order valence-electron chi connectivity index (χ3n) is 5.26.